The molecule has 0 spiro atoms. The van der Waals surface area contributed by atoms with Crippen LogP contribution < -0.4 is 0 Å². The van der Waals surface area contributed by atoms with Gasteiger partial charge in [-0.2, -0.15) is 0 Å². The van der Waals surface area contributed by atoms with E-state index in [2.05, 4.69) is 4.98 Å². The van der Waals surface area contributed by atoms with Gasteiger partial charge in [-0.05, 0) is 37.5 Å². The zero-order valence-electron chi connectivity index (χ0n) is 8.17. The highest BCUT2D eigenvalue weighted by molar-refractivity contribution is 7.18. The molecule has 1 aromatic carbocycles. The van der Waals surface area contributed by atoms with Gasteiger partial charge >= 0.3 is 0 Å². The molecule has 0 aliphatic rings. The van der Waals surface area contributed by atoms with Crippen LogP contribution in [-0.4, -0.2) is 10.9 Å². The Morgan fingerprint density at radius 1 is 1.27 bits per heavy atom. The lowest BCUT2D eigenvalue weighted by Gasteiger charge is -1.91. The minimum absolute atomic E-state index is 0.733. The number of alkyl halides is 1. The molecular weight excluding hydrogens is 249 g/mol. The second-order valence-corrected chi connectivity index (χ2v) is 5.30. The van der Waals surface area contributed by atoms with Gasteiger partial charge in [0.2, 0.25) is 0 Å². The summed E-state index contributed by atoms with van der Waals surface area (Å²) in [5.74, 6) is 0.733. The third kappa shape index (κ3) is 2.83. The molecule has 2 rings (SSSR count). The van der Waals surface area contributed by atoms with Crippen LogP contribution in [0, 0.1) is 0 Å². The van der Waals surface area contributed by atoms with Crippen molar-refractivity contribution in [2.24, 2.45) is 0 Å². The summed E-state index contributed by atoms with van der Waals surface area (Å²) < 4.78 is 1.17. The van der Waals surface area contributed by atoms with Crippen molar-refractivity contribution in [1.82, 2.24) is 4.98 Å². The molecule has 4 heteroatoms. The Labute approximate surface area is 103 Å². The first kappa shape index (κ1) is 11.2. The van der Waals surface area contributed by atoms with E-state index in [0.717, 1.165) is 35.7 Å². The van der Waals surface area contributed by atoms with Crippen molar-refractivity contribution >= 4 is 44.8 Å². The van der Waals surface area contributed by atoms with E-state index >= 15 is 0 Å². The fraction of sp³-hybridized carbons (Fsp3) is 0.364. The van der Waals surface area contributed by atoms with E-state index in [1.165, 1.54) is 9.71 Å². The SMILES string of the molecule is ClCCCCc1nc2ccc(Cl)cc2s1. The van der Waals surface area contributed by atoms with Crippen LogP contribution in [0.3, 0.4) is 0 Å². The Kier molecular flexibility index (Phi) is 3.84. The number of thiazole rings is 1. The molecule has 0 aliphatic heterocycles. The molecule has 80 valence electrons. The fourth-order valence-corrected chi connectivity index (χ4v) is 2.90. The average Bonchev–Trinajstić information content (AvgIpc) is 2.60. The molecule has 0 saturated heterocycles. The van der Waals surface area contributed by atoms with E-state index in [0.29, 0.717) is 0 Å². The van der Waals surface area contributed by atoms with E-state index in [-0.39, 0.29) is 0 Å². The Morgan fingerprint density at radius 3 is 2.93 bits per heavy atom. The topological polar surface area (TPSA) is 12.9 Å². The normalized spacial score (nSPS) is 11.1. The number of hydrogen-bond acceptors (Lipinski definition) is 2. The molecule has 0 N–H and O–H groups in total. The quantitative estimate of drug-likeness (QED) is 0.582. The molecule has 2 aromatic rings. The lowest BCUT2D eigenvalue weighted by atomic mass is 10.2. The molecule has 0 unspecified atom stereocenters. The second-order valence-electron chi connectivity index (χ2n) is 3.37. The number of rotatable bonds is 4. The van der Waals surface area contributed by atoms with Crippen LogP contribution in [0.4, 0.5) is 0 Å². The molecule has 0 radical (unpaired) electrons. The lowest BCUT2D eigenvalue weighted by Crippen LogP contribution is -1.84. The first-order chi connectivity index (χ1) is 7.29. The van der Waals surface area contributed by atoms with Crippen LogP contribution in [0.5, 0.6) is 0 Å². The standard InChI is InChI=1S/C11H11Cl2NS/c12-6-2-1-3-11-14-9-5-4-8(13)7-10(9)15-11/h4-5,7H,1-3,6H2. The first-order valence-electron chi connectivity index (χ1n) is 4.90. The predicted molar refractivity (Wildman–Crippen MR) is 68.3 cm³/mol. The lowest BCUT2D eigenvalue weighted by molar-refractivity contribution is 0.796. The van der Waals surface area contributed by atoms with Gasteiger partial charge in [-0.1, -0.05) is 11.6 Å². The number of aryl methyl sites for hydroxylation is 1. The highest BCUT2D eigenvalue weighted by Gasteiger charge is 2.03. The third-order valence-corrected chi connectivity index (χ3v) is 3.75. The van der Waals surface area contributed by atoms with E-state index < -0.39 is 0 Å². The molecule has 0 atom stereocenters. The largest absolute Gasteiger partial charge is 0.241 e. The van der Waals surface area contributed by atoms with Gasteiger partial charge in [0.05, 0.1) is 15.2 Å². The Bertz CT molecular complexity index is 453. The maximum atomic E-state index is 5.92. The summed E-state index contributed by atoms with van der Waals surface area (Å²) in [6, 6.07) is 5.82. The Morgan fingerprint density at radius 2 is 2.13 bits per heavy atom. The minimum Gasteiger partial charge on any atom is -0.241 e. The number of aromatic nitrogens is 1. The third-order valence-electron chi connectivity index (χ3n) is 2.17. The van der Waals surface area contributed by atoms with Crippen molar-refractivity contribution < 1.29 is 0 Å². The number of hydrogen-bond donors (Lipinski definition) is 0. The van der Waals surface area contributed by atoms with Crippen LogP contribution in [0.25, 0.3) is 10.2 Å². The first-order valence-corrected chi connectivity index (χ1v) is 6.63. The van der Waals surface area contributed by atoms with Gasteiger partial charge in [0, 0.05) is 10.9 Å². The number of halogens is 2. The zero-order valence-corrected chi connectivity index (χ0v) is 10.5. The van der Waals surface area contributed by atoms with Crippen molar-refractivity contribution in [2.45, 2.75) is 19.3 Å². The molecule has 0 bridgehead atoms. The molecule has 1 heterocycles. The van der Waals surface area contributed by atoms with Gasteiger partial charge in [0.25, 0.3) is 0 Å². The maximum absolute atomic E-state index is 5.92. The van der Waals surface area contributed by atoms with Gasteiger partial charge in [0.1, 0.15) is 0 Å². The van der Waals surface area contributed by atoms with Crippen LogP contribution in [0.15, 0.2) is 18.2 Å². The summed E-state index contributed by atoms with van der Waals surface area (Å²) >= 11 is 13.3. The van der Waals surface area contributed by atoms with E-state index in [1.54, 1.807) is 11.3 Å². The van der Waals surface area contributed by atoms with Crippen molar-refractivity contribution in [3.63, 3.8) is 0 Å². The summed E-state index contributed by atoms with van der Waals surface area (Å²) in [5.41, 5.74) is 1.05. The van der Waals surface area contributed by atoms with Crippen molar-refractivity contribution in [1.29, 1.82) is 0 Å². The summed E-state index contributed by atoms with van der Waals surface area (Å²) in [4.78, 5) is 4.54. The van der Waals surface area contributed by atoms with E-state index in [9.17, 15) is 0 Å². The van der Waals surface area contributed by atoms with Gasteiger partial charge in [-0.25, -0.2) is 4.98 Å². The van der Waals surface area contributed by atoms with Gasteiger partial charge in [0.15, 0.2) is 0 Å². The molecule has 0 aliphatic carbocycles. The Hall–Kier alpha value is -0.310. The van der Waals surface area contributed by atoms with E-state index in [1.807, 2.05) is 18.2 Å². The van der Waals surface area contributed by atoms with Gasteiger partial charge in [-0.3, -0.25) is 0 Å². The fourth-order valence-electron chi connectivity index (χ4n) is 1.42. The van der Waals surface area contributed by atoms with Gasteiger partial charge in [-0.15, -0.1) is 22.9 Å². The molecule has 1 aromatic heterocycles. The molecule has 15 heavy (non-hydrogen) atoms. The van der Waals surface area contributed by atoms with Gasteiger partial charge < -0.3 is 0 Å². The maximum Gasteiger partial charge on any atom is 0.0938 e. The zero-order chi connectivity index (χ0) is 10.7. The number of nitrogens with zero attached hydrogens (tertiary/aromatic N) is 1. The Balaban J connectivity index is 2.16. The monoisotopic (exact) mass is 259 g/mol. The van der Waals surface area contributed by atoms with Crippen LogP contribution in [0.1, 0.15) is 17.8 Å². The molecule has 1 nitrogen and oxygen atoms in total. The number of unbranched alkanes of at least 4 members (excludes halogenated alkanes) is 1. The average molecular weight is 260 g/mol. The van der Waals surface area contributed by atoms with Crippen molar-refractivity contribution in [2.75, 3.05) is 5.88 Å². The highest BCUT2D eigenvalue weighted by atomic mass is 35.5. The highest BCUT2D eigenvalue weighted by Crippen LogP contribution is 2.26. The molecular formula is C11H11Cl2NS. The molecule has 0 saturated carbocycles. The van der Waals surface area contributed by atoms with E-state index in [4.69, 9.17) is 23.2 Å². The predicted octanol–water partition coefficient (Wildman–Crippen LogP) is 4.51. The van der Waals surface area contributed by atoms with Crippen LogP contribution in [-0.2, 0) is 6.42 Å². The molecule has 0 fully saturated rings. The molecule has 0 amide bonds. The summed E-state index contributed by atoms with van der Waals surface area (Å²) in [6.07, 6.45) is 3.18. The minimum atomic E-state index is 0.733. The van der Waals surface area contributed by atoms with Crippen molar-refractivity contribution in [3.05, 3.63) is 28.2 Å². The summed E-state index contributed by atoms with van der Waals surface area (Å²) in [7, 11) is 0. The van der Waals surface area contributed by atoms with Crippen LogP contribution >= 0.6 is 34.5 Å². The van der Waals surface area contributed by atoms with Crippen LogP contribution in [0.2, 0.25) is 5.02 Å². The summed E-state index contributed by atoms with van der Waals surface area (Å²) in [5, 5.41) is 1.95. The summed E-state index contributed by atoms with van der Waals surface area (Å²) in [6.45, 7) is 0. The number of fused-ring (bicyclic) bond motifs is 1. The second kappa shape index (κ2) is 5.15. The van der Waals surface area contributed by atoms with Crippen molar-refractivity contribution in [3.8, 4) is 0 Å². The smallest absolute Gasteiger partial charge is 0.0938 e. The number of benzene rings is 1.